The third-order valence-electron chi connectivity index (χ3n) is 3.99. The second-order valence-corrected chi connectivity index (χ2v) is 6.99. The van der Waals surface area contributed by atoms with Crippen molar-refractivity contribution in [3.8, 4) is 17.1 Å². The Hall–Kier alpha value is -3.26. The van der Waals surface area contributed by atoms with Gasteiger partial charge in [-0.25, -0.2) is 24.3 Å². The van der Waals surface area contributed by atoms with E-state index in [2.05, 4.69) is 19.9 Å². The Bertz CT molecular complexity index is 1180. The van der Waals surface area contributed by atoms with Gasteiger partial charge < -0.3 is 4.74 Å². The van der Waals surface area contributed by atoms with E-state index in [1.165, 1.54) is 55.4 Å². The van der Waals surface area contributed by atoms with E-state index in [9.17, 15) is 9.18 Å². The van der Waals surface area contributed by atoms with Gasteiger partial charge in [0.15, 0.2) is 5.69 Å². The Balaban J connectivity index is 1.86. The first kappa shape index (κ1) is 17.2. The van der Waals surface area contributed by atoms with Crippen molar-refractivity contribution in [1.29, 1.82) is 0 Å². The van der Waals surface area contributed by atoms with Crippen LogP contribution in [0.15, 0.2) is 43.0 Å². The van der Waals surface area contributed by atoms with E-state index >= 15 is 0 Å². The first-order valence-corrected chi connectivity index (χ1v) is 8.81. The predicted octanol–water partition coefficient (Wildman–Crippen LogP) is 3.84. The number of carbonyl (C=O) groups excluding carboxylic acids is 1. The number of halogens is 1. The minimum Gasteiger partial charge on any atom is -0.479 e. The van der Waals surface area contributed by atoms with E-state index < -0.39 is 11.6 Å². The Morgan fingerprint density at radius 3 is 2.74 bits per heavy atom. The van der Waals surface area contributed by atoms with Crippen molar-refractivity contribution in [2.24, 2.45) is 0 Å². The number of aryl methyl sites for hydroxylation is 1. The molecule has 4 rings (SSSR count). The lowest BCUT2D eigenvalue weighted by molar-refractivity contribution is 0.103. The Kier molecular flexibility index (Phi) is 4.33. The highest BCUT2D eigenvalue weighted by Gasteiger charge is 2.20. The Morgan fingerprint density at radius 1 is 1.11 bits per heavy atom. The number of benzene rings is 1. The third kappa shape index (κ3) is 3.04. The summed E-state index contributed by atoms with van der Waals surface area (Å²) >= 11 is 1.48. The zero-order chi connectivity index (χ0) is 19.0. The summed E-state index contributed by atoms with van der Waals surface area (Å²) < 4.78 is 20.5. The molecule has 0 N–H and O–H groups in total. The SMILES string of the molecule is COc1nccnc1C(=O)c1ccc(F)c(-c2ncnc3cc(C)sc23)c1. The van der Waals surface area contributed by atoms with Gasteiger partial charge in [0, 0.05) is 28.4 Å². The van der Waals surface area contributed by atoms with Crippen LogP contribution in [0, 0.1) is 12.7 Å². The van der Waals surface area contributed by atoms with Crippen molar-refractivity contribution in [2.75, 3.05) is 7.11 Å². The molecule has 0 atom stereocenters. The van der Waals surface area contributed by atoms with Crippen LogP contribution in [-0.4, -0.2) is 32.8 Å². The van der Waals surface area contributed by atoms with Crippen LogP contribution in [0.4, 0.5) is 4.39 Å². The van der Waals surface area contributed by atoms with Crippen molar-refractivity contribution in [3.63, 3.8) is 0 Å². The monoisotopic (exact) mass is 380 g/mol. The van der Waals surface area contributed by atoms with Gasteiger partial charge in [0.1, 0.15) is 12.1 Å². The second kappa shape index (κ2) is 6.81. The van der Waals surface area contributed by atoms with Crippen LogP contribution >= 0.6 is 11.3 Å². The standard InChI is InChI=1S/C19H13FN4O2S/c1-10-7-14-18(27-10)15(24-9-23-14)12-8-11(3-4-13(12)20)17(25)16-19(26-2)22-6-5-21-16/h3-9H,1-2H3. The van der Waals surface area contributed by atoms with Crippen LogP contribution < -0.4 is 4.74 Å². The van der Waals surface area contributed by atoms with E-state index in [4.69, 9.17) is 4.74 Å². The summed E-state index contributed by atoms with van der Waals surface area (Å²) in [5.41, 5.74) is 1.77. The molecule has 0 amide bonds. The topological polar surface area (TPSA) is 77.9 Å². The number of aromatic nitrogens is 4. The highest BCUT2D eigenvalue weighted by atomic mass is 32.1. The molecule has 0 fully saturated rings. The second-order valence-electron chi connectivity index (χ2n) is 5.73. The lowest BCUT2D eigenvalue weighted by atomic mass is 10.0. The molecule has 4 aromatic rings. The number of hydrogen-bond donors (Lipinski definition) is 0. The molecule has 0 aliphatic carbocycles. The largest absolute Gasteiger partial charge is 0.479 e. The molecule has 0 radical (unpaired) electrons. The lowest BCUT2D eigenvalue weighted by Gasteiger charge is -2.08. The number of rotatable bonds is 4. The van der Waals surface area contributed by atoms with Crippen LogP contribution in [0.3, 0.4) is 0 Å². The molecule has 0 saturated heterocycles. The predicted molar refractivity (Wildman–Crippen MR) is 99.6 cm³/mol. The fourth-order valence-corrected chi connectivity index (χ4v) is 3.75. The number of methoxy groups -OCH3 is 1. The zero-order valence-electron chi connectivity index (χ0n) is 14.4. The summed E-state index contributed by atoms with van der Waals surface area (Å²) in [5.74, 6) is -0.760. The smallest absolute Gasteiger partial charge is 0.243 e. The quantitative estimate of drug-likeness (QED) is 0.501. The maximum atomic E-state index is 14.6. The molecule has 0 aliphatic rings. The molecular weight excluding hydrogens is 367 g/mol. The normalized spacial score (nSPS) is 10.9. The van der Waals surface area contributed by atoms with E-state index in [0.29, 0.717) is 5.69 Å². The number of fused-ring (bicyclic) bond motifs is 1. The van der Waals surface area contributed by atoms with Crippen LogP contribution in [0.2, 0.25) is 0 Å². The van der Waals surface area contributed by atoms with Crippen molar-refractivity contribution in [3.05, 3.63) is 64.9 Å². The van der Waals surface area contributed by atoms with Crippen molar-refractivity contribution < 1.29 is 13.9 Å². The van der Waals surface area contributed by atoms with Gasteiger partial charge in [0.2, 0.25) is 11.7 Å². The van der Waals surface area contributed by atoms with Crippen LogP contribution in [0.5, 0.6) is 5.88 Å². The fraction of sp³-hybridized carbons (Fsp3) is 0.105. The van der Waals surface area contributed by atoms with Gasteiger partial charge in [-0.15, -0.1) is 11.3 Å². The number of ether oxygens (including phenoxy) is 1. The summed E-state index contributed by atoms with van der Waals surface area (Å²) in [6.45, 7) is 1.95. The Morgan fingerprint density at radius 2 is 1.93 bits per heavy atom. The highest BCUT2D eigenvalue weighted by Crippen LogP contribution is 2.34. The zero-order valence-corrected chi connectivity index (χ0v) is 15.2. The minimum absolute atomic E-state index is 0.0670. The summed E-state index contributed by atoms with van der Waals surface area (Å²) in [6.07, 6.45) is 4.23. The molecular formula is C19H13FN4O2S. The van der Waals surface area contributed by atoms with E-state index in [1.807, 2.05) is 13.0 Å². The molecule has 0 spiro atoms. The molecule has 27 heavy (non-hydrogen) atoms. The first-order chi connectivity index (χ1) is 13.1. The molecule has 3 aromatic heterocycles. The van der Waals surface area contributed by atoms with Crippen molar-refractivity contribution in [1.82, 2.24) is 19.9 Å². The van der Waals surface area contributed by atoms with Gasteiger partial charge in [-0.05, 0) is 31.2 Å². The first-order valence-electron chi connectivity index (χ1n) is 7.99. The fourth-order valence-electron chi connectivity index (χ4n) is 2.78. The Labute approximate surface area is 157 Å². The van der Waals surface area contributed by atoms with E-state index in [-0.39, 0.29) is 22.7 Å². The average Bonchev–Trinajstić information content (AvgIpc) is 3.08. The molecule has 0 bridgehead atoms. The van der Waals surface area contributed by atoms with Crippen molar-refractivity contribution >= 4 is 27.3 Å². The number of carbonyl (C=O) groups is 1. The molecule has 1 aromatic carbocycles. The molecule has 0 saturated carbocycles. The van der Waals surface area contributed by atoms with Crippen molar-refractivity contribution in [2.45, 2.75) is 6.92 Å². The summed E-state index contributed by atoms with van der Waals surface area (Å²) in [5, 5.41) is 0. The van der Waals surface area contributed by atoms with Gasteiger partial charge in [-0.1, -0.05) is 0 Å². The minimum atomic E-state index is -0.469. The maximum absolute atomic E-state index is 14.6. The molecule has 6 nitrogen and oxygen atoms in total. The number of thiophene rings is 1. The average molecular weight is 380 g/mol. The highest BCUT2D eigenvalue weighted by molar-refractivity contribution is 7.19. The van der Waals surface area contributed by atoms with Gasteiger partial charge in [0.25, 0.3) is 0 Å². The van der Waals surface area contributed by atoms with Gasteiger partial charge >= 0.3 is 0 Å². The van der Waals surface area contributed by atoms with Gasteiger partial charge in [-0.2, -0.15) is 0 Å². The molecule has 0 aliphatic heterocycles. The number of ketones is 1. The molecule has 0 unspecified atom stereocenters. The van der Waals surface area contributed by atoms with Gasteiger partial charge in [-0.3, -0.25) is 4.79 Å². The number of hydrogen-bond acceptors (Lipinski definition) is 7. The third-order valence-corrected chi connectivity index (χ3v) is 5.04. The summed E-state index contributed by atoms with van der Waals surface area (Å²) in [6, 6.07) is 6.05. The lowest BCUT2D eigenvalue weighted by Crippen LogP contribution is -2.08. The molecule has 8 heteroatoms. The molecule has 134 valence electrons. The van der Waals surface area contributed by atoms with E-state index in [1.54, 1.807) is 0 Å². The van der Waals surface area contributed by atoms with Crippen LogP contribution in [0.25, 0.3) is 21.5 Å². The maximum Gasteiger partial charge on any atom is 0.243 e. The van der Waals surface area contributed by atoms with Crippen LogP contribution in [0.1, 0.15) is 20.9 Å². The van der Waals surface area contributed by atoms with Crippen LogP contribution in [-0.2, 0) is 0 Å². The summed E-state index contributed by atoms with van der Waals surface area (Å²) in [4.78, 5) is 30.4. The van der Waals surface area contributed by atoms with E-state index in [0.717, 1.165) is 15.1 Å². The summed E-state index contributed by atoms with van der Waals surface area (Å²) in [7, 11) is 1.41. The van der Waals surface area contributed by atoms with Gasteiger partial charge in [0.05, 0.1) is 23.0 Å². The molecule has 3 heterocycles. The number of nitrogens with zero attached hydrogens (tertiary/aromatic N) is 4.